The Morgan fingerprint density at radius 3 is 2.43 bits per heavy atom. The van der Waals surface area contributed by atoms with Crippen LogP contribution >= 0.6 is 0 Å². The van der Waals surface area contributed by atoms with Crippen LogP contribution in [0.25, 0.3) is 0 Å². The van der Waals surface area contributed by atoms with E-state index in [1.54, 1.807) is 27.9 Å². The summed E-state index contributed by atoms with van der Waals surface area (Å²) in [5, 5.41) is 19.6. The van der Waals surface area contributed by atoms with Gasteiger partial charge < -0.3 is 25.4 Å². The zero-order valence-corrected chi connectivity index (χ0v) is 16.8. The molecule has 0 fully saturated rings. The van der Waals surface area contributed by atoms with E-state index < -0.39 is 17.0 Å². The van der Waals surface area contributed by atoms with Crippen molar-refractivity contribution in [1.29, 1.82) is 0 Å². The van der Waals surface area contributed by atoms with Gasteiger partial charge in [-0.15, -0.1) is 0 Å². The molecule has 0 radical (unpaired) electrons. The maximum atomic E-state index is 12.1. The average molecular weight is 396 g/mol. The minimum atomic E-state index is -0.611. The summed E-state index contributed by atoms with van der Waals surface area (Å²) in [4.78, 5) is 34.3. The number of carbonyl (C=O) groups excluding carboxylic acids is 2. The Kier molecular flexibility index (Phi) is 9.16. The number of benzene rings is 1. The van der Waals surface area contributed by atoms with Crippen LogP contribution in [0.15, 0.2) is 12.1 Å². The van der Waals surface area contributed by atoms with Gasteiger partial charge in [0.05, 0.1) is 42.4 Å². The molecule has 1 aromatic carbocycles. The molecule has 156 valence electrons. The third kappa shape index (κ3) is 6.38. The summed E-state index contributed by atoms with van der Waals surface area (Å²) >= 11 is 0. The summed E-state index contributed by atoms with van der Waals surface area (Å²) in [6, 6.07) is 1.71. The molecule has 0 aromatic heterocycles. The predicted octanol–water partition coefficient (Wildman–Crippen LogP) is 1.29. The van der Waals surface area contributed by atoms with Crippen molar-refractivity contribution < 1.29 is 24.0 Å². The summed E-state index contributed by atoms with van der Waals surface area (Å²) in [7, 11) is 4.62. The largest absolute Gasteiger partial charge is 0.493 e. The summed E-state index contributed by atoms with van der Waals surface area (Å²) in [6.45, 7) is 3.55. The van der Waals surface area contributed by atoms with E-state index >= 15 is 0 Å². The topological polar surface area (TPSA) is 132 Å². The first-order valence-corrected chi connectivity index (χ1v) is 8.92. The number of carbonyl (C=O) groups is 2. The monoisotopic (exact) mass is 396 g/mol. The van der Waals surface area contributed by atoms with E-state index in [1.165, 1.54) is 19.2 Å². The Morgan fingerprint density at radius 2 is 1.89 bits per heavy atom. The summed E-state index contributed by atoms with van der Waals surface area (Å²) in [5.74, 6) is 0.121. The second-order valence-corrected chi connectivity index (χ2v) is 6.18. The number of hydrogen-bond acceptors (Lipinski definition) is 7. The smallest absolute Gasteiger partial charge is 0.278 e. The minimum absolute atomic E-state index is 0.114. The third-order valence-corrected chi connectivity index (χ3v) is 4.25. The third-order valence-electron chi connectivity index (χ3n) is 4.25. The van der Waals surface area contributed by atoms with Crippen LogP contribution < -0.4 is 25.4 Å². The number of likely N-dealkylation sites (N-methyl/N-ethyl adjacent to an activating group) is 1. The molecule has 0 aliphatic carbocycles. The molecule has 0 bridgehead atoms. The summed E-state index contributed by atoms with van der Waals surface area (Å²) < 4.78 is 10.9. The van der Waals surface area contributed by atoms with Crippen LogP contribution in [0.1, 0.15) is 38.3 Å². The minimum Gasteiger partial charge on any atom is -0.493 e. The van der Waals surface area contributed by atoms with Crippen molar-refractivity contribution in [3.05, 3.63) is 27.8 Å². The van der Waals surface area contributed by atoms with Crippen LogP contribution in [0.4, 0.5) is 5.69 Å². The van der Waals surface area contributed by atoms with Crippen molar-refractivity contribution in [1.82, 2.24) is 16.0 Å². The standard InChI is InChI=1S/C18H28N4O6/c1-11(21-18(24)12(2)19-3)13-9-15(27-5)16(10-14(13)22(25)26)28-8-6-7-17(23)20-4/h9-12,19H,6-8H2,1-5H3,(H,20,23)(H,21,24)/t11?,12-/m0/s1. The van der Waals surface area contributed by atoms with Gasteiger partial charge in [-0.25, -0.2) is 0 Å². The maximum Gasteiger partial charge on any atom is 0.278 e. The van der Waals surface area contributed by atoms with E-state index in [2.05, 4.69) is 16.0 Å². The van der Waals surface area contributed by atoms with Gasteiger partial charge in [0, 0.05) is 13.5 Å². The fourth-order valence-electron chi connectivity index (χ4n) is 2.43. The first-order chi connectivity index (χ1) is 13.2. The lowest BCUT2D eigenvalue weighted by molar-refractivity contribution is -0.385. The Balaban J connectivity index is 3.04. The van der Waals surface area contributed by atoms with Gasteiger partial charge in [0.1, 0.15) is 0 Å². The maximum absolute atomic E-state index is 12.1. The normalized spacial score (nSPS) is 12.6. The van der Waals surface area contributed by atoms with Gasteiger partial charge >= 0.3 is 0 Å². The molecule has 10 heteroatoms. The number of nitrogens with zero attached hydrogens (tertiary/aromatic N) is 1. The number of methoxy groups -OCH3 is 1. The Morgan fingerprint density at radius 1 is 1.21 bits per heavy atom. The first kappa shape index (κ1) is 23.2. The van der Waals surface area contributed by atoms with Gasteiger partial charge in [0.2, 0.25) is 11.8 Å². The summed E-state index contributed by atoms with van der Waals surface area (Å²) in [5.41, 5.74) is 0.114. The molecule has 0 heterocycles. The summed E-state index contributed by atoms with van der Waals surface area (Å²) in [6.07, 6.45) is 0.735. The van der Waals surface area contributed by atoms with Crippen molar-refractivity contribution >= 4 is 17.5 Å². The van der Waals surface area contributed by atoms with Crippen molar-refractivity contribution in [3.8, 4) is 11.5 Å². The number of rotatable bonds is 11. The number of nitro benzene ring substituents is 1. The predicted molar refractivity (Wildman–Crippen MR) is 104 cm³/mol. The Labute approximate surface area is 164 Å². The number of amides is 2. The Hall–Kier alpha value is -2.88. The zero-order valence-electron chi connectivity index (χ0n) is 16.8. The van der Waals surface area contributed by atoms with E-state index in [0.29, 0.717) is 17.7 Å². The van der Waals surface area contributed by atoms with Gasteiger partial charge in [0.15, 0.2) is 11.5 Å². The molecule has 1 rings (SSSR count). The SMILES string of the molecule is CNC(=O)CCCOc1cc([N+](=O)[O-])c(C(C)NC(=O)[C@H](C)NC)cc1OC. The molecule has 1 unspecified atom stereocenters. The zero-order chi connectivity index (χ0) is 21.3. The van der Waals surface area contributed by atoms with Crippen LogP contribution in [0, 0.1) is 10.1 Å². The second-order valence-electron chi connectivity index (χ2n) is 6.18. The van der Waals surface area contributed by atoms with Crippen LogP contribution in [0.2, 0.25) is 0 Å². The highest BCUT2D eigenvalue weighted by Gasteiger charge is 2.25. The molecule has 2 atom stereocenters. The van der Waals surface area contributed by atoms with Crippen LogP contribution in [0.5, 0.6) is 11.5 Å². The molecule has 0 aliphatic rings. The van der Waals surface area contributed by atoms with Gasteiger partial charge in [-0.3, -0.25) is 19.7 Å². The van der Waals surface area contributed by atoms with E-state index in [9.17, 15) is 19.7 Å². The van der Waals surface area contributed by atoms with Crippen LogP contribution in [-0.2, 0) is 9.59 Å². The molecule has 0 aliphatic heterocycles. The van der Waals surface area contributed by atoms with Crippen LogP contribution in [0.3, 0.4) is 0 Å². The highest BCUT2D eigenvalue weighted by molar-refractivity contribution is 5.81. The van der Waals surface area contributed by atoms with Crippen LogP contribution in [-0.4, -0.2) is 50.6 Å². The number of nitrogens with one attached hydrogen (secondary N) is 3. The Bertz CT molecular complexity index is 710. The number of ether oxygens (including phenoxy) is 2. The molecule has 2 amide bonds. The quantitative estimate of drug-likeness (QED) is 0.292. The number of hydrogen-bond donors (Lipinski definition) is 3. The van der Waals surface area contributed by atoms with E-state index in [4.69, 9.17) is 9.47 Å². The van der Waals surface area contributed by atoms with Gasteiger partial charge in [-0.05, 0) is 33.4 Å². The lowest BCUT2D eigenvalue weighted by Gasteiger charge is -2.19. The van der Waals surface area contributed by atoms with E-state index in [1.807, 2.05) is 0 Å². The van der Waals surface area contributed by atoms with E-state index in [0.717, 1.165) is 0 Å². The molecule has 0 saturated heterocycles. The molecule has 1 aromatic rings. The second kappa shape index (κ2) is 11.1. The fourth-order valence-corrected chi connectivity index (χ4v) is 2.43. The lowest BCUT2D eigenvalue weighted by atomic mass is 10.0. The van der Waals surface area contributed by atoms with Crippen molar-refractivity contribution in [2.45, 2.75) is 38.8 Å². The molecule has 0 saturated carbocycles. The molecule has 10 nitrogen and oxygen atoms in total. The van der Waals surface area contributed by atoms with Crippen molar-refractivity contribution in [3.63, 3.8) is 0 Å². The van der Waals surface area contributed by atoms with Crippen molar-refractivity contribution in [2.75, 3.05) is 27.8 Å². The first-order valence-electron chi connectivity index (χ1n) is 8.92. The molecule has 28 heavy (non-hydrogen) atoms. The molecule has 3 N–H and O–H groups in total. The lowest BCUT2D eigenvalue weighted by Crippen LogP contribution is -2.41. The highest BCUT2D eigenvalue weighted by Crippen LogP contribution is 2.37. The number of nitro groups is 1. The van der Waals surface area contributed by atoms with Gasteiger partial charge in [-0.1, -0.05) is 0 Å². The van der Waals surface area contributed by atoms with Crippen molar-refractivity contribution in [2.24, 2.45) is 0 Å². The molecular formula is C18H28N4O6. The van der Waals surface area contributed by atoms with E-state index in [-0.39, 0.29) is 36.3 Å². The average Bonchev–Trinajstić information content (AvgIpc) is 2.69. The highest BCUT2D eigenvalue weighted by atomic mass is 16.6. The van der Waals surface area contributed by atoms with Gasteiger partial charge in [-0.2, -0.15) is 0 Å². The molecule has 0 spiro atoms. The fraction of sp³-hybridized carbons (Fsp3) is 0.556. The van der Waals surface area contributed by atoms with Gasteiger partial charge in [0.25, 0.3) is 5.69 Å². The molecular weight excluding hydrogens is 368 g/mol.